The number of aromatic nitrogens is 2. The van der Waals surface area contributed by atoms with Gasteiger partial charge in [-0.1, -0.05) is 18.5 Å². The number of nitrogens with one attached hydrogen (secondary N) is 2. The van der Waals surface area contributed by atoms with Gasteiger partial charge in [0.1, 0.15) is 12.0 Å². The fourth-order valence-corrected chi connectivity index (χ4v) is 4.86. The Labute approximate surface area is 200 Å². The molecule has 1 fully saturated rings. The van der Waals surface area contributed by atoms with E-state index in [2.05, 4.69) is 10.1 Å². The third kappa shape index (κ3) is 6.80. The van der Waals surface area contributed by atoms with Gasteiger partial charge < -0.3 is 14.0 Å². The van der Waals surface area contributed by atoms with Gasteiger partial charge in [0.15, 0.2) is 0 Å². The Morgan fingerprint density at radius 1 is 1.32 bits per heavy atom. The van der Waals surface area contributed by atoms with Crippen molar-refractivity contribution in [2.75, 3.05) is 20.3 Å². The van der Waals surface area contributed by atoms with Gasteiger partial charge in [-0.2, -0.15) is 0 Å². The summed E-state index contributed by atoms with van der Waals surface area (Å²) in [5.41, 5.74) is -0.642. The van der Waals surface area contributed by atoms with Crippen molar-refractivity contribution >= 4 is 25.3 Å². The summed E-state index contributed by atoms with van der Waals surface area (Å²) in [6, 6.07) is 6.23. The number of aromatic amines is 1. The van der Waals surface area contributed by atoms with Crippen molar-refractivity contribution in [2.24, 2.45) is 5.92 Å². The smallest absolute Gasteiger partial charge is 0.458 e. The highest BCUT2D eigenvalue weighted by molar-refractivity contribution is 7.52. The monoisotopic (exact) mass is 515 g/mol. The van der Waals surface area contributed by atoms with Crippen LogP contribution in [0.3, 0.4) is 0 Å². The quantitative estimate of drug-likeness (QED) is 0.361. The number of ether oxygens (including phenoxy) is 2. The number of H-pyrrole nitrogens is 1. The van der Waals surface area contributed by atoms with Gasteiger partial charge in [0.2, 0.25) is 0 Å². The molecule has 34 heavy (non-hydrogen) atoms. The Bertz CT molecular complexity index is 1170. The number of carbonyl (C=O) groups is 1. The Balaban J connectivity index is 1.67. The van der Waals surface area contributed by atoms with E-state index in [0.29, 0.717) is 23.4 Å². The zero-order chi connectivity index (χ0) is 24.9. The molecule has 1 aliphatic heterocycles. The maximum atomic E-state index is 13.4. The van der Waals surface area contributed by atoms with Crippen LogP contribution in [-0.2, 0) is 23.4 Å². The molecular formula is C21H27ClN3O8P. The predicted molar refractivity (Wildman–Crippen MR) is 124 cm³/mol. The molecule has 1 aliphatic rings. The molecule has 2 aromatic rings. The van der Waals surface area contributed by atoms with Gasteiger partial charge in [-0.25, -0.2) is 14.4 Å². The second-order valence-electron chi connectivity index (χ2n) is 7.89. The van der Waals surface area contributed by atoms with Crippen LogP contribution >= 0.6 is 19.3 Å². The predicted octanol–water partition coefficient (Wildman–Crippen LogP) is 2.78. The summed E-state index contributed by atoms with van der Waals surface area (Å²) in [6.45, 7) is 3.09. The van der Waals surface area contributed by atoms with E-state index in [9.17, 15) is 18.9 Å². The van der Waals surface area contributed by atoms with Gasteiger partial charge in [0, 0.05) is 23.3 Å². The van der Waals surface area contributed by atoms with Crippen LogP contribution in [-0.4, -0.2) is 41.9 Å². The standard InChI is InChI=1S/C21H27ClN3O8P/c1-13(20(27)30-3)10-23-34(29,33-16-6-4-15(22)5-7-16)31-12-17-8-9-18(32-17)25-11-14(2)19(26)24-21(25)28/h4-7,11,13,17-18H,8-10,12H2,1-3H3,(H,23,29)(H,24,26,28)/t13?,17-,18+,34?/m0/s1. The van der Waals surface area contributed by atoms with Gasteiger partial charge in [0.25, 0.3) is 5.56 Å². The summed E-state index contributed by atoms with van der Waals surface area (Å²) < 4.78 is 36.6. The Hall–Kier alpha value is -2.43. The second kappa shape index (κ2) is 11.3. The van der Waals surface area contributed by atoms with E-state index in [1.165, 1.54) is 30.0 Å². The molecule has 3 rings (SSSR count). The third-order valence-electron chi connectivity index (χ3n) is 5.21. The summed E-state index contributed by atoms with van der Waals surface area (Å²) in [5, 5.41) is 3.17. The fraction of sp³-hybridized carbons (Fsp3) is 0.476. The van der Waals surface area contributed by atoms with Crippen LogP contribution in [0.25, 0.3) is 0 Å². The summed E-state index contributed by atoms with van der Waals surface area (Å²) in [4.78, 5) is 37.7. The van der Waals surface area contributed by atoms with Crippen molar-refractivity contribution in [3.05, 3.63) is 61.9 Å². The van der Waals surface area contributed by atoms with Crippen LogP contribution in [0.4, 0.5) is 0 Å². The number of nitrogens with zero attached hydrogens (tertiary/aromatic N) is 1. The molecule has 0 amide bonds. The maximum Gasteiger partial charge on any atom is 0.458 e. The number of esters is 1. The molecule has 0 aliphatic carbocycles. The van der Waals surface area contributed by atoms with Crippen molar-refractivity contribution in [3.8, 4) is 5.75 Å². The van der Waals surface area contributed by atoms with E-state index in [4.69, 9.17) is 30.1 Å². The van der Waals surface area contributed by atoms with E-state index in [1.807, 2.05) is 0 Å². The van der Waals surface area contributed by atoms with Crippen LogP contribution in [0.5, 0.6) is 5.75 Å². The second-order valence-corrected chi connectivity index (χ2v) is 10.1. The molecule has 1 aromatic carbocycles. The largest absolute Gasteiger partial charge is 0.469 e. The Kier molecular flexibility index (Phi) is 8.72. The number of halogens is 1. The first-order valence-electron chi connectivity index (χ1n) is 10.6. The minimum Gasteiger partial charge on any atom is -0.469 e. The fourth-order valence-electron chi connectivity index (χ4n) is 3.27. The highest BCUT2D eigenvalue weighted by Gasteiger charge is 2.33. The first kappa shape index (κ1) is 26.2. The zero-order valence-electron chi connectivity index (χ0n) is 19.0. The molecule has 11 nitrogen and oxygen atoms in total. The summed E-state index contributed by atoms with van der Waals surface area (Å²) in [6.07, 6.45) is 1.38. The molecule has 0 radical (unpaired) electrons. The zero-order valence-corrected chi connectivity index (χ0v) is 20.6. The normalized spacial score (nSPS) is 20.5. The highest BCUT2D eigenvalue weighted by atomic mass is 35.5. The molecule has 4 atom stereocenters. The van der Waals surface area contributed by atoms with Crippen LogP contribution in [0, 0.1) is 12.8 Å². The SMILES string of the molecule is COC(=O)C(C)CNP(=O)(OC[C@@H]1CC[C@H](n2cc(C)c(=O)[nH]c2=O)O1)Oc1ccc(Cl)cc1. The maximum absolute atomic E-state index is 13.4. The molecule has 1 saturated heterocycles. The number of methoxy groups -OCH3 is 1. The van der Waals surface area contributed by atoms with Crippen LogP contribution in [0.1, 0.15) is 31.6 Å². The molecule has 13 heteroatoms. The molecular weight excluding hydrogens is 489 g/mol. The lowest BCUT2D eigenvalue weighted by atomic mass is 10.2. The number of hydrogen-bond donors (Lipinski definition) is 2. The van der Waals surface area contributed by atoms with Gasteiger partial charge >= 0.3 is 19.4 Å². The first-order chi connectivity index (χ1) is 16.1. The van der Waals surface area contributed by atoms with E-state index < -0.39 is 43.2 Å². The summed E-state index contributed by atoms with van der Waals surface area (Å²) in [5.74, 6) is -0.821. The molecule has 2 N–H and O–H groups in total. The molecule has 186 valence electrons. The first-order valence-corrected chi connectivity index (χ1v) is 12.5. The Morgan fingerprint density at radius 3 is 2.71 bits per heavy atom. The number of rotatable bonds is 10. The van der Waals surface area contributed by atoms with Crippen molar-refractivity contribution in [1.29, 1.82) is 0 Å². The van der Waals surface area contributed by atoms with Crippen molar-refractivity contribution in [2.45, 2.75) is 39.0 Å². The van der Waals surface area contributed by atoms with Crippen LogP contribution in [0.2, 0.25) is 5.02 Å². The minimum absolute atomic E-state index is 0.0161. The average Bonchev–Trinajstić information content (AvgIpc) is 3.28. The lowest BCUT2D eigenvalue weighted by Crippen LogP contribution is -2.33. The minimum atomic E-state index is -3.93. The van der Waals surface area contributed by atoms with E-state index in [-0.39, 0.29) is 18.9 Å². The molecule has 2 unspecified atom stereocenters. The summed E-state index contributed by atoms with van der Waals surface area (Å²) in [7, 11) is -2.66. The van der Waals surface area contributed by atoms with Crippen molar-refractivity contribution < 1.29 is 27.9 Å². The Morgan fingerprint density at radius 2 is 2.03 bits per heavy atom. The number of aryl methyl sites for hydroxylation is 1. The van der Waals surface area contributed by atoms with Crippen LogP contribution < -0.4 is 20.9 Å². The third-order valence-corrected chi connectivity index (χ3v) is 6.97. The topological polar surface area (TPSA) is 138 Å². The van der Waals surface area contributed by atoms with E-state index >= 15 is 0 Å². The van der Waals surface area contributed by atoms with E-state index in [0.717, 1.165) is 0 Å². The molecule has 1 aromatic heterocycles. The van der Waals surface area contributed by atoms with Gasteiger partial charge in [-0.15, -0.1) is 0 Å². The average molecular weight is 516 g/mol. The number of carbonyl (C=O) groups excluding carboxylic acids is 1. The molecule has 2 heterocycles. The number of benzene rings is 1. The van der Waals surface area contributed by atoms with E-state index in [1.54, 1.807) is 26.0 Å². The number of hydrogen-bond acceptors (Lipinski definition) is 8. The lowest BCUT2D eigenvalue weighted by Gasteiger charge is -2.23. The van der Waals surface area contributed by atoms with Crippen molar-refractivity contribution in [3.63, 3.8) is 0 Å². The lowest BCUT2D eigenvalue weighted by molar-refractivity contribution is -0.144. The molecule has 0 saturated carbocycles. The van der Waals surface area contributed by atoms with Gasteiger partial charge in [0.05, 0.1) is 25.7 Å². The molecule has 0 spiro atoms. The summed E-state index contributed by atoms with van der Waals surface area (Å²) >= 11 is 5.89. The van der Waals surface area contributed by atoms with Crippen molar-refractivity contribution in [1.82, 2.24) is 14.6 Å². The highest BCUT2D eigenvalue weighted by Crippen LogP contribution is 2.45. The van der Waals surface area contributed by atoms with Crippen LogP contribution in [0.15, 0.2) is 40.1 Å². The van der Waals surface area contributed by atoms with Gasteiger partial charge in [-0.05, 0) is 44.0 Å². The molecule has 0 bridgehead atoms. The van der Waals surface area contributed by atoms with Gasteiger partial charge in [-0.3, -0.25) is 23.7 Å².